The van der Waals surface area contributed by atoms with E-state index in [0.717, 1.165) is 24.4 Å². The van der Waals surface area contributed by atoms with E-state index >= 15 is 0 Å². The zero-order valence-electron chi connectivity index (χ0n) is 16.2. The van der Waals surface area contributed by atoms with E-state index in [2.05, 4.69) is 5.32 Å². The van der Waals surface area contributed by atoms with Gasteiger partial charge >= 0.3 is 0 Å². The third-order valence-electron chi connectivity index (χ3n) is 5.51. The lowest BCUT2D eigenvalue weighted by molar-refractivity contribution is 0.352. The Hall–Kier alpha value is -0.900. The molecule has 0 aromatic heterocycles. The predicted octanol–water partition coefficient (Wildman–Crippen LogP) is 2.95. The summed E-state index contributed by atoms with van der Waals surface area (Å²) >= 11 is 0. The molecule has 1 saturated carbocycles. The molecule has 0 radical (unpaired) electrons. The van der Waals surface area contributed by atoms with Crippen molar-refractivity contribution in [2.45, 2.75) is 43.8 Å². The fourth-order valence-corrected chi connectivity index (χ4v) is 4.90. The SMILES string of the molecule is CCNC(=NCC1(c2ccccc2F)CC1)N1CCS(=O)(=O)C(C)(C)C1.I. The smallest absolute Gasteiger partial charge is 0.194 e. The number of hydrogen-bond donors (Lipinski definition) is 1. The van der Waals surface area contributed by atoms with Crippen molar-refractivity contribution in [3.8, 4) is 0 Å². The summed E-state index contributed by atoms with van der Waals surface area (Å²) in [5.74, 6) is 0.677. The van der Waals surface area contributed by atoms with E-state index < -0.39 is 14.6 Å². The molecule has 0 amide bonds. The molecule has 0 bridgehead atoms. The Morgan fingerprint density at radius 1 is 1.30 bits per heavy atom. The van der Waals surface area contributed by atoms with E-state index in [1.54, 1.807) is 19.9 Å². The third-order valence-corrected chi connectivity index (χ3v) is 8.04. The average Bonchev–Trinajstić information content (AvgIpc) is 3.35. The van der Waals surface area contributed by atoms with Crippen LogP contribution in [0, 0.1) is 5.82 Å². The Bertz CT molecular complexity index is 807. The molecule has 1 aromatic carbocycles. The molecule has 1 aliphatic carbocycles. The standard InChI is InChI=1S/C19H28FN3O2S.HI/c1-4-21-17(23-11-12-26(24,25)18(2,3)14-23)22-13-19(9-10-19)15-7-5-6-8-16(15)20;/h5-8H,4,9-14H2,1-3H3,(H,21,22);1H. The molecule has 0 unspecified atom stereocenters. The topological polar surface area (TPSA) is 61.8 Å². The number of rotatable bonds is 4. The minimum Gasteiger partial charge on any atom is -0.357 e. The number of nitrogens with one attached hydrogen (secondary N) is 1. The maximum absolute atomic E-state index is 14.2. The molecule has 1 N–H and O–H groups in total. The van der Waals surface area contributed by atoms with Crippen LogP contribution in [0.3, 0.4) is 0 Å². The summed E-state index contributed by atoms with van der Waals surface area (Å²) in [5, 5.41) is 3.27. The quantitative estimate of drug-likeness (QED) is 0.385. The molecule has 2 fully saturated rings. The van der Waals surface area contributed by atoms with Gasteiger partial charge in [-0.3, -0.25) is 4.99 Å². The molecule has 27 heavy (non-hydrogen) atoms. The maximum Gasteiger partial charge on any atom is 0.194 e. The van der Waals surface area contributed by atoms with Gasteiger partial charge in [0.05, 0.1) is 17.0 Å². The van der Waals surface area contributed by atoms with Crippen molar-refractivity contribution < 1.29 is 12.8 Å². The van der Waals surface area contributed by atoms with E-state index in [4.69, 9.17) is 4.99 Å². The van der Waals surface area contributed by atoms with Crippen molar-refractivity contribution in [2.24, 2.45) is 4.99 Å². The van der Waals surface area contributed by atoms with Crippen molar-refractivity contribution >= 4 is 39.8 Å². The summed E-state index contributed by atoms with van der Waals surface area (Å²) in [6.45, 7) is 7.58. The first kappa shape index (κ1) is 22.4. The van der Waals surface area contributed by atoms with Gasteiger partial charge in [-0.15, -0.1) is 24.0 Å². The highest BCUT2D eigenvalue weighted by Gasteiger charge is 2.46. The first-order valence-electron chi connectivity index (χ1n) is 9.21. The fraction of sp³-hybridized carbons (Fsp3) is 0.632. The number of nitrogens with zero attached hydrogens (tertiary/aromatic N) is 2. The minimum absolute atomic E-state index is 0. The molecule has 8 heteroatoms. The van der Waals surface area contributed by atoms with Crippen molar-refractivity contribution in [2.75, 3.05) is 31.9 Å². The van der Waals surface area contributed by atoms with Crippen molar-refractivity contribution in [1.29, 1.82) is 0 Å². The van der Waals surface area contributed by atoms with Gasteiger partial charge in [-0.2, -0.15) is 0 Å². The third kappa shape index (κ3) is 4.58. The van der Waals surface area contributed by atoms with Crippen LogP contribution in [0.5, 0.6) is 0 Å². The van der Waals surface area contributed by atoms with Crippen LogP contribution in [-0.2, 0) is 15.3 Å². The Kier molecular flexibility index (Phi) is 6.82. The number of sulfone groups is 1. The van der Waals surface area contributed by atoms with Gasteiger partial charge in [0.25, 0.3) is 0 Å². The van der Waals surface area contributed by atoms with Gasteiger partial charge in [0.2, 0.25) is 0 Å². The van der Waals surface area contributed by atoms with Gasteiger partial charge in [0.15, 0.2) is 15.8 Å². The second-order valence-corrected chi connectivity index (χ2v) is 10.7. The molecule has 0 atom stereocenters. The van der Waals surface area contributed by atoms with Crippen molar-refractivity contribution in [3.05, 3.63) is 35.6 Å². The van der Waals surface area contributed by atoms with Crippen LogP contribution in [0.2, 0.25) is 0 Å². The lowest BCUT2D eigenvalue weighted by atomic mass is 9.95. The highest BCUT2D eigenvalue weighted by Crippen LogP contribution is 2.49. The predicted molar refractivity (Wildman–Crippen MR) is 118 cm³/mol. The van der Waals surface area contributed by atoms with Crippen LogP contribution in [0.1, 0.15) is 39.2 Å². The number of benzene rings is 1. The van der Waals surface area contributed by atoms with Crippen LogP contribution >= 0.6 is 24.0 Å². The summed E-state index contributed by atoms with van der Waals surface area (Å²) in [4.78, 5) is 6.79. The van der Waals surface area contributed by atoms with Crippen molar-refractivity contribution in [3.63, 3.8) is 0 Å². The van der Waals surface area contributed by atoms with Gasteiger partial charge in [-0.25, -0.2) is 12.8 Å². The first-order chi connectivity index (χ1) is 12.2. The van der Waals surface area contributed by atoms with E-state index in [9.17, 15) is 12.8 Å². The van der Waals surface area contributed by atoms with Gasteiger partial charge in [0, 0.05) is 25.0 Å². The molecule has 3 rings (SSSR count). The van der Waals surface area contributed by atoms with Crippen LogP contribution in [0.25, 0.3) is 0 Å². The molecule has 152 valence electrons. The largest absolute Gasteiger partial charge is 0.357 e. The number of halogens is 2. The normalized spacial score (nSPS) is 22.7. The highest BCUT2D eigenvalue weighted by molar-refractivity contribution is 14.0. The second kappa shape index (κ2) is 8.23. The number of aliphatic imine (C=N–C) groups is 1. The fourth-order valence-electron chi connectivity index (χ4n) is 3.53. The highest BCUT2D eigenvalue weighted by atomic mass is 127. The number of guanidine groups is 1. The van der Waals surface area contributed by atoms with E-state index in [1.165, 1.54) is 6.07 Å². The van der Waals surface area contributed by atoms with E-state index in [0.29, 0.717) is 26.2 Å². The second-order valence-electron chi connectivity index (χ2n) is 7.93. The van der Waals surface area contributed by atoms with Gasteiger partial charge in [0.1, 0.15) is 5.82 Å². The Morgan fingerprint density at radius 3 is 2.52 bits per heavy atom. The van der Waals surface area contributed by atoms with Gasteiger partial charge in [-0.1, -0.05) is 18.2 Å². The number of hydrogen-bond acceptors (Lipinski definition) is 3. The first-order valence-corrected chi connectivity index (χ1v) is 10.9. The van der Waals surface area contributed by atoms with Crippen LogP contribution < -0.4 is 5.32 Å². The maximum atomic E-state index is 14.2. The summed E-state index contributed by atoms with van der Waals surface area (Å²) in [6, 6.07) is 6.92. The molecule has 5 nitrogen and oxygen atoms in total. The molecular formula is C19H29FIN3O2S. The van der Waals surface area contributed by atoms with Gasteiger partial charge < -0.3 is 10.2 Å². The minimum atomic E-state index is -3.10. The van der Waals surface area contributed by atoms with Crippen LogP contribution in [0.4, 0.5) is 4.39 Å². The molecule has 2 aliphatic rings. The Labute approximate surface area is 178 Å². The van der Waals surface area contributed by atoms with E-state index in [-0.39, 0.29) is 41.0 Å². The molecule has 1 heterocycles. The molecule has 1 aliphatic heterocycles. The van der Waals surface area contributed by atoms with Gasteiger partial charge in [-0.05, 0) is 45.2 Å². The van der Waals surface area contributed by atoms with Crippen LogP contribution in [0.15, 0.2) is 29.3 Å². The summed E-state index contributed by atoms with van der Waals surface area (Å²) in [5.41, 5.74) is 0.518. The molecule has 0 spiro atoms. The lowest BCUT2D eigenvalue weighted by Gasteiger charge is -2.39. The summed E-state index contributed by atoms with van der Waals surface area (Å²) in [6.07, 6.45) is 1.85. The van der Waals surface area contributed by atoms with E-state index in [1.807, 2.05) is 24.0 Å². The van der Waals surface area contributed by atoms with Crippen LogP contribution in [-0.4, -0.2) is 56.0 Å². The molecule has 1 aromatic rings. The summed E-state index contributed by atoms with van der Waals surface area (Å²) in [7, 11) is -3.10. The average molecular weight is 509 g/mol. The molecule has 1 saturated heterocycles. The monoisotopic (exact) mass is 509 g/mol. The Morgan fingerprint density at radius 2 is 1.96 bits per heavy atom. The Balaban J connectivity index is 0.00000261. The summed E-state index contributed by atoms with van der Waals surface area (Å²) < 4.78 is 37.9. The zero-order valence-corrected chi connectivity index (χ0v) is 19.3. The molecular weight excluding hydrogens is 480 g/mol. The lowest BCUT2D eigenvalue weighted by Crippen LogP contribution is -2.57. The van der Waals surface area contributed by atoms with Crippen molar-refractivity contribution in [1.82, 2.24) is 10.2 Å². The zero-order chi connectivity index (χ0) is 19.0.